The summed E-state index contributed by atoms with van der Waals surface area (Å²) < 4.78 is 0. The lowest BCUT2D eigenvalue weighted by Gasteiger charge is -2.40. The van der Waals surface area contributed by atoms with Gasteiger partial charge in [0.05, 0.1) is 18.2 Å². The monoisotopic (exact) mass is 340 g/mol. The summed E-state index contributed by atoms with van der Waals surface area (Å²) in [5.74, 6) is -0.104. The number of rotatable bonds is 2. The lowest BCUT2D eigenvalue weighted by atomic mass is 9.65. The van der Waals surface area contributed by atoms with E-state index in [1.54, 1.807) is 0 Å². The second-order valence-corrected chi connectivity index (χ2v) is 9.51. The fraction of sp³-hybridized carbons (Fsp3) is 0.619. The molecule has 2 bridgehead atoms. The van der Waals surface area contributed by atoms with Crippen molar-refractivity contribution in [2.75, 3.05) is 11.4 Å². The van der Waals surface area contributed by atoms with Gasteiger partial charge in [0.2, 0.25) is 5.91 Å². The minimum absolute atomic E-state index is 0.0391. The van der Waals surface area contributed by atoms with Crippen molar-refractivity contribution < 1.29 is 9.59 Å². The summed E-state index contributed by atoms with van der Waals surface area (Å²) in [6.07, 6.45) is 3.78. The number of nitrogens with zero attached hydrogens (tertiary/aromatic N) is 2. The molecule has 0 N–H and O–H groups in total. The number of fused-ring (bicyclic) bond motifs is 2. The first kappa shape index (κ1) is 16.8. The lowest BCUT2D eigenvalue weighted by molar-refractivity contribution is -0.123. The zero-order valence-corrected chi connectivity index (χ0v) is 15.7. The number of benzene rings is 1. The quantitative estimate of drug-likeness (QED) is 0.773. The van der Waals surface area contributed by atoms with E-state index < -0.39 is 0 Å². The molecule has 2 heterocycles. The summed E-state index contributed by atoms with van der Waals surface area (Å²) in [6, 6.07) is 7.80. The number of carbonyl (C=O) groups is 2. The van der Waals surface area contributed by atoms with E-state index >= 15 is 0 Å². The van der Waals surface area contributed by atoms with Gasteiger partial charge in [-0.1, -0.05) is 38.5 Å². The Bertz CT molecular complexity index is 724. The maximum Gasteiger partial charge on any atom is 0.251 e. The van der Waals surface area contributed by atoms with E-state index in [2.05, 4.69) is 25.7 Å². The highest BCUT2D eigenvalue weighted by Crippen LogP contribution is 2.53. The molecule has 1 aliphatic carbocycles. The van der Waals surface area contributed by atoms with Crippen LogP contribution in [0.4, 0.5) is 5.69 Å². The molecule has 4 nitrogen and oxygen atoms in total. The van der Waals surface area contributed by atoms with Crippen molar-refractivity contribution in [2.24, 2.45) is 10.8 Å². The van der Waals surface area contributed by atoms with Crippen molar-refractivity contribution in [1.82, 2.24) is 4.90 Å². The molecule has 25 heavy (non-hydrogen) atoms. The number of carbonyl (C=O) groups excluding carboxylic acids is 2. The molecule has 1 aromatic rings. The summed E-state index contributed by atoms with van der Waals surface area (Å²) in [5.41, 5.74) is 2.42. The van der Waals surface area contributed by atoms with E-state index in [-0.39, 0.29) is 23.3 Å². The van der Waals surface area contributed by atoms with Crippen LogP contribution in [-0.4, -0.2) is 35.3 Å². The van der Waals surface area contributed by atoms with Gasteiger partial charge in [-0.3, -0.25) is 14.5 Å². The summed E-state index contributed by atoms with van der Waals surface area (Å²) >= 11 is 0. The van der Waals surface area contributed by atoms with E-state index in [9.17, 15) is 9.59 Å². The summed E-state index contributed by atoms with van der Waals surface area (Å²) in [7, 11) is 0. The van der Waals surface area contributed by atoms with Crippen molar-refractivity contribution in [3.05, 3.63) is 29.8 Å². The van der Waals surface area contributed by atoms with Gasteiger partial charge in [-0.05, 0) is 49.1 Å². The number of amides is 2. The zero-order chi connectivity index (χ0) is 18.0. The molecule has 4 heteroatoms. The van der Waals surface area contributed by atoms with Crippen molar-refractivity contribution >= 4 is 17.5 Å². The summed E-state index contributed by atoms with van der Waals surface area (Å²) in [4.78, 5) is 29.5. The largest absolute Gasteiger partial charge is 0.288 e. The third-order valence-corrected chi connectivity index (χ3v) is 6.27. The summed E-state index contributed by atoms with van der Waals surface area (Å²) in [5, 5.41) is 0. The van der Waals surface area contributed by atoms with Gasteiger partial charge in [0.15, 0.2) is 0 Å². The van der Waals surface area contributed by atoms with Crippen molar-refractivity contribution in [2.45, 2.75) is 65.5 Å². The Balaban J connectivity index is 1.59. The number of likely N-dealkylation sites (tertiary alicyclic amines) is 1. The van der Waals surface area contributed by atoms with Crippen LogP contribution in [0.1, 0.15) is 52.0 Å². The first-order valence-corrected chi connectivity index (χ1v) is 9.37. The van der Waals surface area contributed by atoms with Crippen molar-refractivity contribution in [3.8, 4) is 0 Å². The first-order valence-electron chi connectivity index (χ1n) is 9.37. The van der Waals surface area contributed by atoms with Crippen LogP contribution in [0.3, 0.4) is 0 Å². The van der Waals surface area contributed by atoms with Crippen LogP contribution in [0.15, 0.2) is 24.3 Å². The Morgan fingerprint density at radius 2 is 1.72 bits per heavy atom. The van der Waals surface area contributed by atoms with E-state index in [0.29, 0.717) is 23.6 Å². The predicted octanol–water partition coefficient (Wildman–Crippen LogP) is 3.53. The van der Waals surface area contributed by atoms with E-state index in [0.717, 1.165) is 24.9 Å². The molecule has 4 rings (SSSR count). The molecule has 2 saturated heterocycles. The molecule has 2 aliphatic heterocycles. The van der Waals surface area contributed by atoms with Gasteiger partial charge >= 0.3 is 0 Å². The predicted molar refractivity (Wildman–Crippen MR) is 98.3 cm³/mol. The fourth-order valence-corrected chi connectivity index (χ4v) is 5.71. The molecule has 3 fully saturated rings. The molecule has 2 amide bonds. The Kier molecular flexibility index (Phi) is 3.63. The highest BCUT2D eigenvalue weighted by molar-refractivity contribution is 6.22. The Hall–Kier alpha value is -1.68. The lowest BCUT2D eigenvalue weighted by Crippen LogP contribution is -2.45. The average molecular weight is 340 g/mol. The third kappa shape index (κ3) is 2.80. The topological polar surface area (TPSA) is 40.6 Å². The van der Waals surface area contributed by atoms with Crippen LogP contribution in [0.5, 0.6) is 0 Å². The molecule has 0 spiro atoms. The highest BCUT2D eigenvalue weighted by atomic mass is 16.2. The van der Waals surface area contributed by atoms with Crippen LogP contribution in [0, 0.1) is 17.8 Å². The molecule has 3 aliphatic rings. The number of aryl methyl sites for hydroxylation is 1. The van der Waals surface area contributed by atoms with Crippen LogP contribution in [-0.2, 0) is 9.59 Å². The van der Waals surface area contributed by atoms with Crippen molar-refractivity contribution in [3.63, 3.8) is 0 Å². The van der Waals surface area contributed by atoms with Gasteiger partial charge < -0.3 is 0 Å². The van der Waals surface area contributed by atoms with Gasteiger partial charge in [0, 0.05) is 12.6 Å². The SMILES string of the molecule is Cc1ccc(N2C(=O)CC(N3CC4(C)CC3CC(C)(C)C4)C2=O)cc1. The minimum Gasteiger partial charge on any atom is -0.288 e. The highest BCUT2D eigenvalue weighted by Gasteiger charge is 2.54. The molecule has 1 aromatic carbocycles. The zero-order valence-electron chi connectivity index (χ0n) is 15.7. The van der Waals surface area contributed by atoms with E-state index in [4.69, 9.17) is 0 Å². The third-order valence-electron chi connectivity index (χ3n) is 6.27. The second kappa shape index (κ2) is 5.41. The van der Waals surface area contributed by atoms with Crippen LogP contribution in [0.2, 0.25) is 0 Å². The first-order chi connectivity index (χ1) is 11.7. The molecular weight excluding hydrogens is 312 g/mol. The average Bonchev–Trinajstić information content (AvgIpc) is 2.92. The van der Waals surface area contributed by atoms with Gasteiger partial charge in [-0.25, -0.2) is 4.90 Å². The van der Waals surface area contributed by atoms with Crippen LogP contribution >= 0.6 is 0 Å². The standard InChI is InChI=1S/C21H28N2O2/c1-14-5-7-15(8-6-14)23-18(24)9-17(19(23)25)22-13-21(4)11-16(22)10-20(2,3)12-21/h5-8,16-17H,9-13H2,1-4H3. The molecule has 3 atom stereocenters. The maximum atomic E-state index is 13.1. The van der Waals surface area contributed by atoms with Gasteiger partial charge in [-0.2, -0.15) is 0 Å². The van der Waals surface area contributed by atoms with Gasteiger partial charge in [-0.15, -0.1) is 0 Å². The summed E-state index contributed by atoms with van der Waals surface area (Å²) in [6.45, 7) is 9.96. The Labute approximate surface area is 150 Å². The smallest absolute Gasteiger partial charge is 0.251 e. The second-order valence-electron chi connectivity index (χ2n) is 9.51. The number of imide groups is 1. The normalized spacial score (nSPS) is 34.8. The maximum absolute atomic E-state index is 13.1. The number of anilines is 1. The van der Waals surface area contributed by atoms with Crippen LogP contribution < -0.4 is 4.90 Å². The van der Waals surface area contributed by atoms with E-state index in [1.807, 2.05) is 31.2 Å². The number of hydrogen-bond donors (Lipinski definition) is 0. The molecule has 0 radical (unpaired) electrons. The fourth-order valence-electron chi connectivity index (χ4n) is 5.71. The van der Waals surface area contributed by atoms with E-state index in [1.165, 1.54) is 11.3 Å². The van der Waals surface area contributed by atoms with Gasteiger partial charge in [0.1, 0.15) is 0 Å². The van der Waals surface area contributed by atoms with Crippen LogP contribution in [0.25, 0.3) is 0 Å². The molecule has 3 unspecified atom stereocenters. The van der Waals surface area contributed by atoms with Crippen molar-refractivity contribution in [1.29, 1.82) is 0 Å². The number of hydrogen-bond acceptors (Lipinski definition) is 3. The van der Waals surface area contributed by atoms with Gasteiger partial charge in [0.25, 0.3) is 5.91 Å². The Morgan fingerprint density at radius 1 is 1.04 bits per heavy atom. The molecule has 1 saturated carbocycles. The molecular formula is C21H28N2O2. The molecule has 134 valence electrons. The Morgan fingerprint density at radius 3 is 2.40 bits per heavy atom. The molecule has 0 aromatic heterocycles. The minimum atomic E-state index is -0.283.